The molecule has 5 heteroatoms. The smallest absolute Gasteiger partial charge is 0.292 e. The molecule has 0 saturated heterocycles. The quantitative estimate of drug-likeness (QED) is 0.449. The Morgan fingerprint density at radius 2 is 2.04 bits per heavy atom. The van der Waals surface area contributed by atoms with Gasteiger partial charge in [0, 0.05) is 16.5 Å². The fraction of sp³-hybridized carbons (Fsp3) is 0.222. The molecule has 0 amide bonds. The average Bonchev–Trinajstić information content (AvgIpc) is 3.03. The second kappa shape index (κ2) is 5.49. The first-order chi connectivity index (χ1) is 11.1. The van der Waals surface area contributed by atoms with Gasteiger partial charge < -0.3 is 5.32 Å². The molecule has 1 aliphatic carbocycles. The molecule has 0 bridgehead atoms. The van der Waals surface area contributed by atoms with Gasteiger partial charge in [-0.25, -0.2) is 0 Å². The van der Waals surface area contributed by atoms with Crippen molar-refractivity contribution in [2.45, 2.75) is 18.4 Å². The summed E-state index contributed by atoms with van der Waals surface area (Å²) >= 11 is 3.52. The van der Waals surface area contributed by atoms with E-state index in [4.69, 9.17) is 0 Å². The van der Waals surface area contributed by atoms with Crippen LogP contribution in [0, 0.1) is 16.0 Å². The van der Waals surface area contributed by atoms with E-state index < -0.39 is 0 Å². The first-order valence-electron chi connectivity index (χ1n) is 7.61. The highest BCUT2D eigenvalue weighted by Crippen LogP contribution is 2.52. The number of halogens is 1. The van der Waals surface area contributed by atoms with E-state index in [-0.39, 0.29) is 22.6 Å². The van der Waals surface area contributed by atoms with E-state index in [1.807, 2.05) is 18.2 Å². The molecule has 0 radical (unpaired) electrons. The highest BCUT2D eigenvalue weighted by atomic mass is 79.9. The van der Waals surface area contributed by atoms with E-state index in [0.717, 1.165) is 22.0 Å². The lowest BCUT2D eigenvalue weighted by Gasteiger charge is -2.37. The van der Waals surface area contributed by atoms with Crippen LogP contribution in [0.5, 0.6) is 0 Å². The Bertz CT molecular complexity index is 818. The Hall–Kier alpha value is -2.14. The zero-order valence-electron chi connectivity index (χ0n) is 12.3. The molecular weight excluding hydrogens is 356 g/mol. The lowest BCUT2D eigenvalue weighted by Crippen LogP contribution is -2.29. The predicted octanol–water partition coefficient (Wildman–Crippen LogP) is 5.18. The lowest BCUT2D eigenvalue weighted by molar-refractivity contribution is -0.384. The summed E-state index contributed by atoms with van der Waals surface area (Å²) in [5.41, 5.74) is 3.00. The van der Waals surface area contributed by atoms with E-state index in [0.29, 0.717) is 11.6 Å². The highest BCUT2D eigenvalue weighted by Gasteiger charge is 2.40. The average molecular weight is 371 g/mol. The molecule has 0 saturated carbocycles. The number of fused-ring (bicyclic) bond motifs is 3. The van der Waals surface area contributed by atoms with Crippen LogP contribution in [0.4, 0.5) is 11.4 Å². The second-order valence-electron chi connectivity index (χ2n) is 6.03. The Kier molecular flexibility index (Phi) is 3.45. The molecule has 2 aromatic rings. The topological polar surface area (TPSA) is 55.2 Å². The maximum Gasteiger partial charge on any atom is 0.292 e. The molecule has 2 aromatic carbocycles. The van der Waals surface area contributed by atoms with Crippen molar-refractivity contribution in [2.24, 2.45) is 5.92 Å². The first-order valence-corrected chi connectivity index (χ1v) is 8.40. The number of nitro groups is 1. The van der Waals surface area contributed by atoms with Crippen molar-refractivity contribution in [3.63, 3.8) is 0 Å². The van der Waals surface area contributed by atoms with Crippen LogP contribution in [0.15, 0.2) is 59.1 Å². The molecule has 4 rings (SSSR count). The van der Waals surface area contributed by atoms with Crippen LogP contribution in [0.1, 0.15) is 29.5 Å². The summed E-state index contributed by atoms with van der Waals surface area (Å²) in [6.07, 6.45) is 5.37. The van der Waals surface area contributed by atoms with Crippen molar-refractivity contribution >= 4 is 27.3 Å². The van der Waals surface area contributed by atoms with Crippen LogP contribution < -0.4 is 5.32 Å². The molecule has 1 aliphatic heterocycles. The zero-order valence-corrected chi connectivity index (χ0v) is 13.9. The van der Waals surface area contributed by atoms with Crippen molar-refractivity contribution in [3.8, 4) is 0 Å². The van der Waals surface area contributed by atoms with Gasteiger partial charge in [-0.1, -0.05) is 52.3 Å². The molecule has 4 nitrogen and oxygen atoms in total. The van der Waals surface area contributed by atoms with Crippen molar-refractivity contribution in [1.82, 2.24) is 0 Å². The number of rotatable bonds is 2. The van der Waals surface area contributed by atoms with Crippen LogP contribution in [0.25, 0.3) is 0 Å². The summed E-state index contributed by atoms with van der Waals surface area (Å²) in [6.45, 7) is 0. The molecule has 1 N–H and O–H groups in total. The SMILES string of the molecule is O=[N+]([O-])c1cccc2c1N[C@@H](c1cccc(Br)c1)[C@@H]1CC=C[C@H]21. The van der Waals surface area contributed by atoms with Crippen molar-refractivity contribution in [2.75, 3.05) is 5.32 Å². The molecule has 2 aliphatic rings. The highest BCUT2D eigenvalue weighted by molar-refractivity contribution is 9.10. The van der Waals surface area contributed by atoms with Gasteiger partial charge in [0.1, 0.15) is 5.69 Å². The van der Waals surface area contributed by atoms with E-state index in [1.165, 1.54) is 0 Å². The third-order valence-electron chi connectivity index (χ3n) is 4.78. The number of hydrogen-bond donors (Lipinski definition) is 1. The third kappa shape index (κ3) is 2.36. The normalized spacial score (nSPS) is 24.7. The van der Waals surface area contributed by atoms with Gasteiger partial charge in [0.15, 0.2) is 0 Å². The molecule has 3 atom stereocenters. The van der Waals surface area contributed by atoms with Crippen molar-refractivity contribution in [1.29, 1.82) is 0 Å². The number of nitrogens with zero attached hydrogens (tertiary/aromatic N) is 1. The van der Waals surface area contributed by atoms with E-state index in [1.54, 1.807) is 12.1 Å². The summed E-state index contributed by atoms with van der Waals surface area (Å²) in [5.74, 6) is 0.619. The maximum atomic E-state index is 11.4. The molecule has 0 spiro atoms. The Balaban J connectivity index is 1.85. The van der Waals surface area contributed by atoms with Gasteiger partial charge in [-0.3, -0.25) is 10.1 Å². The second-order valence-corrected chi connectivity index (χ2v) is 6.94. The zero-order chi connectivity index (χ0) is 16.0. The molecule has 1 heterocycles. The minimum absolute atomic E-state index is 0.0705. The summed E-state index contributed by atoms with van der Waals surface area (Å²) < 4.78 is 1.02. The number of nitro benzene ring substituents is 1. The summed E-state index contributed by atoms with van der Waals surface area (Å²) in [5, 5.41) is 14.9. The summed E-state index contributed by atoms with van der Waals surface area (Å²) in [4.78, 5) is 11.1. The van der Waals surface area contributed by atoms with Crippen LogP contribution in [-0.2, 0) is 0 Å². The van der Waals surface area contributed by atoms with Crippen molar-refractivity contribution < 1.29 is 4.92 Å². The number of para-hydroxylation sites is 1. The molecule has 0 unspecified atom stereocenters. The monoisotopic (exact) mass is 370 g/mol. The van der Waals surface area contributed by atoms with Crippen LogP contribution in [0.3, 0.4) is 0 Å². The van der Waals surface area contributed by atoms with Gasteiger partial charge in [0.05, 0.1) is 11.0 Å². The molecule has 0 fully saturated rings. The largest absolute Gasteiger partial charge is 0.372 e. The Morgan fingerprint density at radius 3 is 2.83 bits per heavy atom. The maximum absolute atomic E-state index is 11.4. The van der Waals surface area contributed by atoms with Gasteiger partial charge in [-0.15, -0.1) is 0 Å². The fourth-order valence-corrected chi connectivity index (χ4v) is 4.20. The third-order valence-corrected chi connectivity index (χ3v) is 5.27. The van der Waals surface area contributed by atoms with Gasteiger partial charge in [-0.05, 0) is 35.6 Å². The van der Waals surface area contributed by atoms with Gasteiger partial charge in [0.25, 0.3) is 5.69 Å². The molecule has 116 valence electrons. The molecule has 0 aromatic heterocycles. The Morgan fingerprint density at radius 1 is 1.22 bits per heavy atom. The van der Waals surface area contributed by atoms with E-state index >= 15 is 0 Å². The predicted molar refractivity (Wildman–Crippen MR) is 93.6 cm³/mol. The Labute approximate surface area is 142 Å². The minimum Gasteiger partial charge on any atom is -0.372 e. The van der Waals surface area contributed by atoms with Crippen LogP contribution in [0.2, 0.25) is 0 Å². The van der Waals surface area contributed by atoms with Gasteiger partial charge in [0.2, 0.25) is 0 Å². The van der Waals surface area contributed by atoms with Crippen LogP contribution in [-0.4, -0.2) is 4.92 Å². The lowest BCUT2D eigenvalue weighted by atomic mass is 9.77. The first kappa shape index (κ1) is 14.5. The summed E-state index contributed by atoms with van der Waals surface area (Å²) in [6, 6.07) is 13.6. The van der Waals surface area contributed by atoms with Crippen LogP contribution >= 0.6 is 15.9 Å². The van der Waals surface area contributed by atoms with Gasteiger partial charge in [-0.2, -0.15) is 0 Å². The fourth-order valence-electron chi connectivity index (χ4n) is 3.79. The van der Waals surface area contributed by atoms with E-state index in [2.05, 4.69) is 45.5 Å². The summed E-state index contributed by atoms with van der Waals surface area (Å²) in [7, 11) is 0. The standard InChI is InChI=1S/C18H15BrN2O2/c19-12-5-1-4-11(10-12)17-14-7-2-6-13(14)15-8-3-9-16(21(22)23)18(15)20-17/h1-6,8-10,13-14,17,20H,7H2/t13-,14+,17-/m0/s1. The van der Waals surface area contributed by atoms with Crippen molar-refractivity contribution in [3.05, 3.63) is 80.3 Å². The number of anilines is 1. The number of benzene rings is 2. The molecule has 23 heavy (non-hydrogen) atoms. The number of hydrogen-bond acceptors (Lipinski definition) is 3. The molecular formula is C18H15BrN2O2. The minimum atomic E-state index is -0.303. The number of nitrogens with one attached hydrogen (secondary N) is 1. The van der Waals surface area contributed by atoms with E-state index in [9.17, 15) is 10.1 Å². The van der Waals surface area contributed by atoms with Gasteiger partial charge >= 0.3 is 0 Å². The number of allylic oxidation sites excluding steroid dienone is 2.